The van der Waals surface area contributed by atoms with Crippen LogP contribution in [-0.2, 0) is 11.3 Å². The molecule has 0 amide bonds. The number of hydrogen-bond donors (Lipinski definition) is 1. The van der Waals surface area contributed by atoms with E-state index in [4.69, 9.17) is 9.26 Å². The minimum absolute atomic E-state index is 0.114. The molecule has 3 aromatic rings. The molecular formula is C19H23N5O2. The zero-order valence-corrected chi connectivity index (χ0v) is 15.1. The Morgan fingerprint density at radius 3 is 2.85 bits per heavy atom. The van der Waals surface area contributed by atoms with E-state index in [1.165, 1.54) is 5.56 Å². The third-order valence-electron chi connectivity index (χ3n) is 4.74. The van der Waals surface area contributed by atoms with E-state index < -0.39 is 0 Å². The first kappa shape index (κ1) is 16.9. The fourth-order valence-electron chi connectivity index (χ4n) is 3.32. The Hall–Kier alpha value is -2.51. The first-order valence-corrected chi connectivity index (χ1v) is 8.94. The fourth-order valence-corrected chi connectivity index (χ4v) is 3.32. The van der Waals surface area contributed by atoms with Crippen molar-refractivity contribution in [3.8, 4) is 5.69 Å². The first-order chi connectivity index (χ1) is 12.7. The van der Waals surface area contributed by atoms with Gasteiger partial charge in [0, 0.05) is 37.4 Å². The van der Waals surface area contributed by atoms with Crippen molar-refractivity contribution < 1.29 is 9.26 Å². The summed E-state index contributed by atoms with van der Waals surface area (Å²) in [6.07, 6.45) is 2.96. The largest absolute Gasteiger partial charge is 0.368 e. The second-order valence-corrected chi connectivity index (χ2v) is 6.67. The molecule has 2 atom stereocenters. The highest BCUT2D eigenvalue weighted by atomic mass is 16.5. The predicted octanol–water partition coefficient (Wildman–Crippen LogP) is 2.74. The van der Waals surface area contributed by atoms with Crippen LogP contribution < -0.4 is 5.32 Å². The molecule has 136 valence electrons. The number of nitrogens with zero attached hydrogens (tertiary/aromatic N) is 4. The SMILES string of the molecule is Cc1noc([C@H]2OCC[C@H]2CNCc2cn(-c3ccccc3)nc2C)n1. The monoisotopic (exact) mass is 353 g/mol. The van der Waals surface area contributed by atoms with E-state index in [-0.39, 0.29) is 6.10 Å². The standard InChI is InChI=1S/C19H23N5O2/c1-13-16(12-24(22-13)17-6-4-3-5-7-17)11-20-10-15-8-9-25-18(15)19-21-14(2)23-26-19/h3-7,12,15,18,20H,8-11H2,1-2H3/t15-,18-/m0/s1. The van der Waals surface area contributed by atoms with Crippen LogP contribution in [0.15, 0.2) is 41.1 Å². The second-order valence-electron chi connectivity index (χ2n) is 6.67. The van der Waals surface area contributed by atoms with Gasteiger partial charge < -0.3 is 14.6 Å². The van der Waals surface area contributed by atoms with Crippen molar-refractivity contribution in [2.45, 2.75) is 32.9 Å². The van der Waals surface area contributed by atoms with E-state index in [1.807, 2.05) is 36.7 Å². The maximum absolute atomic E-state index is 5.80. The lowest BCUT2D eigenvalue weighted by Gasteiger charge is -2.15. The number of rotatable bonds is 6. The Bertz CT molecular complexity index is 858. The number of benzene rings is 1. The van der Waals surface area contributed by atoms with E-state index in [9.17, 15) is 0 Å². The van der Waals surface area contributed by atoms with Gasteiger partial charge in [0.15, 0.2) is 5.82 Å². The van der Waals surface area contributed by atoms with E-state index in [0.717, 1.165) is 37.5 Å². The molecule has 7 heteroatoms. The van der Waals surface area contributed by atoms with Gasteiger partial charge in [-0.15, -0.1) is 0 Å². The van der Waals surface area contributed by atoms with Crippen LogP contribution in [-0.4, -0.2) is 33.1 Å². The average molecular weight is 353 g/mol. The third-order valence-corrected chi connectivity index (χ3v) is 4.74. The minimum Gasteiger partial charge on any atom is -0.368 e. The summed E-state index contributed by atoms with van der Waals surface area (Å²) in [7, 11) is 0. The minimum atomic E-state index is -0.114. The lowest BCUT2D eigenvalue weighted by molar-refractivity contribution is 0.0623. The number of ether oxygens (including phenoxy) is 1. The number of hydrogen-bond acceptors (Lipinski definition) is 6. The average Bonchev–Trinajstić information content (AvgIpc) is 3.36. The van der Waals surface area contributed by atoms with Gasteiger partial charge in [0.05, 0.1) is 11.4 Å². The highest BCUT2D eigenvalue weighted by Gasteiger charge is 2.33. The van der Waals surface area contributed by atoms with Crippen LogP contribution in [0.5, 0.6) is 0 Å². The molecule has 3 heterocycles. The zero-order chi connectivity index (χ0) is 17.9. The molecule has 26 heavy (non-hydrogen) atoms. The molecule has 1 aromatic carbocycles. The van der Waals surface area contributed by atoms with Gasteiger partial charge in [0.1, 0.15) is 6.10 Å². The highest BCUT2D eigenvalue weighted by Crippen LogP contribution is 2.33. The van der Waals surface area contributed by atoms with Crippen molar-refractivity contribution >= 4 is 0 Å². The van der Waals surface area contributed by atoms with Gasteiger partial charge in [-0.1, -0.05) is 23.4 Å². The van der Waals surface area contributed by atoms with Crippen molar-refractivity contribution in [3.63, 3.8) is 0 Å². The quantitative estimate of drug-likeness (QED) is 0.734. The van der Waals surface area contributed by atoms with E-state index >= 15 is 0 Å². The molecule has 0 aliphatic carbocycles. The molecule has 0 saturated carbocycles. The lowest BCUT2D eigenvalue weighted by Crippen LogP contribution is -2.24. The Kier molecular flexibility index (Phi) is 4.81. The summed E-state index contributed by atoms with van der Waals surface area (Å²) in [5, 5.41) is 12.0. The number of para-hydroxylation sites is 1. The Balaban J connectivity index is 1.37. The second kappa shape index (κ2) is 7.39. The molecule has 4 rings (SSSR count). The van der Waals surface area contributed by atoms with Gasteiger partial charge in [0.25, 0.3) is 5.89 Å². The van der Waals surface area contributed by atoms with Crippen molar-refractivity contribution in [1.29, 1.82) is 0 Å². The molecule has 1 aliphatic heterocycles. The van der Waals surface area contributed by atoms with Crippen molar-refractivity contribution in [2.24, 2.45) is 5.92 Å². The van der Waals surface area contributed by atoms with E-state index in [2.05, 4.69) is 38.9 Å². The van der Waals surface area contributed by atoms with Gasteiger partial charge in [-0.25, -0.2) is 4.68 Å². The molecular weight excluding hydrogens is 330 g/mol. The van der Waals surface area contributed by atoms with Crippen LogP contribution in [0, 0.1) is 19.8 Å². The molecule has 7 nitrogen and oxygen atoms in total. The van der Waals surface area contributed by atoms with Crippen molar-refractivity contribution in [3.05, 3.63) is 59.5 Å². The van der Waals surface area contributed by atoms with Crippen LogP contribution in [0.25, 0.3) is 5.69 Å². The van der Waals surface area contributed by atoms with E-state index in [0.29, 0.717) is 17.6 Å². The molecule has 0 unspecified atom stereocenters. The molecule has 1 aliphatic rings. The maximum Gasteiger partial charge on any atom is 0.256 e. The zero-order valence-electron chi connectivity index (χ0n) is 15.1. The Morgan fingerprint density at radius 2 is 2.08 bits per heavy atom. The van der Waals surface area contributed by atoms with Gasteiger partial charge in [0.2, 0.25) is 0 Å². The number of aryl methyl sites for hydroxylation is 2. The molecule has 1 saturated heterocycles. The van der Waals surface area contributed by atoms with Gasteiger partial charge in [-0.05, 0) is 32.4 Å². The van der Waals surface area contributed by atoms with Gasteiger partial charge in [-0.2, -0.15) is 10.1 Å². The summed E-state index contributed by atoms with van der Waals surface area (Å²) >= 11 is 0. The summed E-state index contributed by atoms with van der Waals surface area (Å²) in [4.78, 5) is 4.32. The highest BCUT2D eigenvalue weighted by molar-refractivity contribution is 5.32. The molecule has 1 fully saturated rings. The van der Waals surface area contributed by atoms with Crippen LogP contribution in [0.2, 0.25) is 0 Å². The molecule has 0 bridgehead atoms. The topological polar surface area (TPSA) is 78.0 Å². The number of aromatic nitrogens is 4. The summed E-state index contributed by atoms with van der Waals surface area (Å²) in [5.41, 5.74) is 3.30. The summed E-state index contributed by atoms with van der Waals surface area (Å²) < 4.78 is 13.0. The van der Waals surface area contributed by atoms with Crippen molar-refractivity contribution in [1.82, 2.24) is 25.2 Å². The molecule has 1 N–H and O–H groups in total. The van der Waals surface area contributed by atoms with Crippen molar-refractivity contribution in [2.75, 3.05) is 13.2 Å². The third kappa shape index (κ3) is 3.54. The first-order valence-electron chi connectivity index (χ1n) is 8.94. The van der Waals surface area contributed by atoms with Crippen LogP contribution in [0.4, 0.5) is 0 Å². The van der Waals surface area contributed by atoms with E-state index in [1.54, 1.807) is 0 Å². The summed E-state index contributed by atoms with van der Waals surface area (Å²) in [6, 6.07) is 10.1. The van der Waals surface area contributed by atoms with Gasteiger partial charge in [-0.3, -0.25) is 0 Å². The fraction of sp³-hybridized carbons (Fsp3) is 0.421. The summed E-state index contributed by atoms with van der Waals surface area (Å²) in [5.74, 6) is 1.56. The molecule has 2 aromatic heterocycles. The normalized spacial score (nSPS) is 19.9. The molecule has 0 spiro atoms. The van der Waals surface area contributed by atoms with Gasteiger partial charge >= 0.3 is 0 Å². The number of nitrogens with one attached hydrogen (secondary N) is 1. The lowest BCUT2D eigenvalue weighted by atomic mass is 10.0. The predicted molar refractivity (Wildman–Crippen MR) is 95.8 cm³/mol. The van der Waals surface area contributed by atoms with Crippen LogP contribution in [0.3, 0.4) is 0 Å². The van der Waals surface area contributed by atoms with Crippen LogP contribution in [0.1, 0.15) is 35.5 Å². The Labute approximate surface area is 152 Å². The molecule has 0 radical (unpaired) electrons. The Morgan fingerprint density at radius 1 is 1.23 bits per heavy atom. The summed E-state index contributed by atoms with van der Waals surface area (Å²) in [6.45, 7) is 6.19. The smallest absolute Gasteiger partial charge is 0.256 e. The van der Waals surface area contributed by atoms with Crippen LogP contribution >= 0.6 is 0 Å². The maximum atomic E-state index is 5.80.